The number of rotatable bonds is 31. The molecule has 0 rings (SSSR count). The zero-order chi connectivity index (χ0) is 42.0. The molecule has 11 atom stereocenters. The van der Waals surface area contributed by atoms with Crippen molar-refractivity contribution in [2.75, 3.05) is 0 Å². The van der Waals surface area contributed by atoms with Gasteiger partial charge in [0.25, 0.3) is 0 Å². The summed E-state index contributed by atoms with van der Waals surface area (Å²) in [4.78, 5) is 48.4. The average molecular weight is 760 g/mol. The standard InChI is InChI=1S/C43H72O11/c1-12-28(24(5)6)16-32(25(7)8)20-34(21-33(26(9)10)17-29(13-2)27(11)44)38(45)39(46)35(22-36(42(51)52)18-30(14-3)40(47)48)23-37(43(53)54)19-31(15-4)41(49)50/h28-39,44-46H,5,7,9,11-23H2,1-4,6,8,10H3,(H,47,48)(H,49,50)(H,51,52)(H,53,54)/p-5. The van der Waals surface area contributed by atoms with E-state index in [9.17, 15) is 54.9 Å². The van der Waals surface area contributed by atoms with Gasteiger partial charge in [-0.15, -0.1) is 12.3 Å². The average Bonchev–Trinajstić information content (AvgIpc) is 3.08. The summed E-state index contributed by atoms with van der Waals surface area (Å²) in [7, 11) is 0. The zero-order valence-electron chi connectivity index (χ0n) is 33.8. The lowest BCUT2D eigenvalue weighted by Gasteiger charge is -2.39. The number of carboxylic acid groups (broad SMARTS) is 4. The summed E-state index contributed by atoms with van der Waals surface area (Å²) < 4.78 is 0. The Kier molecular flexibility index (Phi) is 23.3. The van der Waals surface area contributed by atoms with Gasteiger partial charge in [-0.05, 0) is 151 Å². The van der Waals surface area contributed by atoms with Crippen LogP contribution in [-0.4, -0.2) is 46.3 Å². The monoisotopic (exact) mass is 759 g/mol. The van der Waals surface area contributed by atoms with Gasteiger partial charge in [-0.2, -0.15) is 0 Å². The van der Waals surface area contributed by atoms with Crippen LogP contribution in [0.1, 0.15) is 126 Å². The summed E-state index contributed by atoms with van der Waals surface area (Å²) >= 11 is 0. The first-order valence-electron chi connectivity index (χ1n) is 19.6. The Morgan fingerprint density at radius 1 is 0.407 bits per heavy atom. The number of aliphatic carboxylic acids is 4. The van der Waals surface area contributed by atoms with Crippen LogP contribution in [0.15, 0.2) is 48.8 Å². The highest BCUT2D eigenvalue weighted by Crippen LogP contribution is 2.40. The molecule has 11 heteroatoms. The van der Waals surface area contributed by atoms with Crippen LogP contribution in [0.5, 0.6) is 0 Å². The maximum Gasteiger partial charge on any atom is 0.0830 e. The molecule has 54 heavy (non-hydrogen) atoms. The lowest BCUT2D eigenvalue weighted by molar-refractivity contribution is -0.318. The van der Waals surface area contributed by atoms with Crippen LogP contribution < -0.4 is 25.5 Å². The van der Waals surface area contributed by atoms with Crippen molar-refractivity contribution in [3.05, 3.63) is 48.8 Å². The Morgan fingerprint density at radius 3 is 0.870 bits per heavy atom. The first kappa shape index (κ1) is 50.6. The van der Waals surface area contributed by atoms with E-state index in [-0.39, 0.29) is 48.7 Å². The molecule has 310 valence electrons. The predicted octanol–water partition coefficient (Wildman–Crippen LogP) is 2.23. The molecule has 0 saturated carbocycles. The molecule has 11 unspecified atom stereocenters. The summed E-state index contributed by atoms with van der Waals surface area (Å²) in [5, 5.41) is 85.1. The van der Waals surface area contributed by atoms with Crippen LogP contribution in [0.2, 0.25) is 0 Å². The largest absolute Gasteiger partial charge is 0.876 e. The second kappa shape index (κ2) is 24.9. The predicted molar refractivity (Wildman–Crippen MR) is 199 cm³/mol. The molecule has 0 aliphatic carbocycles. The third-order valence-corrected chi connectivity index (χ3v) is 11.8. The highest BCUT2D eigenvalue weighted by molar-refractivity contribution is 5.72. The van der Waals surface area contributed by atoms with Crippen LogP contribution in [0.3, 0.4) is 0 Å². The minimum Gasteiger partial charge on any atom is -0.876 e. The van der Waals surface area contributed by atoms with Crippen molar-refractivity contribution in [3.8, 4) is 0 Å². The van der Waals surface area contributed by atoms with Crippen molar-refractivity contribution in [1.29, 1.82) is 0 Å². The summed E-state index contributed by atoms with van der Waals surface area (Å²) in [6, 6.07) is 0. The highest BCUT2D eigenvalue weighted by Gasteiger charge is 2.38. The number of aliphatic hydroxyl groups excluding tert-OH is 2. The zero-order valence-corrected chi connectivity index (χ0v) is 33.8. The van der Waals surface area contributed by atoms with Crippen LogP contribution in [0.25, 0.3) is 0 Å². The molecule has 0 bridgehead atoms. The molecule has 0 saturated heterocycles. The van der Waals surface area contributed by atoms with Gasteiger partial charge in [0, 0.05) is 23.9 Å². The molecule has 0 aromatic heterocycles. The van der Waals surface area contributed by atoms with E-state index in [1.807, 2.05) is 34.6 Å². The number of allylic oxidation sites excluding steroid dienone is 4. The van der Waals surface area contributed by atoms with Gasteiger partial charge in [-0.25, -0.2) is 0 Å². The quantitative estimate of drug-likeness (QED) is 0.0770. The molecule has 0 radical (unpaired) electrons. The van der Waals surface area contributed by atoms with Gasteiger partial charge in [-0.1, -0.05) is 70.6 Å². The minimum atomic E-state index is -1.75. The van der Waals surface area contributed by atoms with Gasteiger partial charge in [0.05, 0.1) is 12.2 Å². The number of hydrogen-bond donors (Lipinski definition) is 2. The van der Waals surface area contributed by atoms with Crippen molar-refractivity contribution < 1.29 is 54.9 Å². The molecule has 0 spiro atoms. The van der Waals surface area contributed by atoms with Crippen molar-refractivity contribution in [2.45, 2.75) is 138 Å². The minimum absolute atomic E-state index is 0.0392. The van der Waals surface area contributed by atoms with Gasteiger partial charge in [0.1, 0.15) is 0 Å². The molecule has 0 aromatic rings. The van der Waals surface area contributed by atoms with Crippen molar-refractivity contribution in [1.82, 2.24) is 0 Å². The number of carbonyl (C=O) groups is 4. The fourth-order valence-corrected chi connectivity index (χ4v) is 7.82. The number of aliphatic hydroxyl groups is 2. The molecule has 0 fully saturated rings. The van der Waals surface area contributed by atoms with E-state index < -0.39 is 97.3 Å². The van der Waals surface area contributed by atoms with Crippen molar-refractivity contribution >= 4 is 23.9 Å². The van der Waals surface area contributed by atoms with Gasteiger partial charge < -0.3 is 54.9 Å². The van der Waals surface area contributed by atoms with Gasteiger partial charge >= 0.3 is 0 Å². The van der Waals surface area contributed by atoms with E-state index >= 15 is 0 Å². The first-order valence-corrected chi connectivity index (χ1v) is 19.6. The number of carbonyl (C=O) groups excluding carboxylic acids is 4. The summed E-state index contributed by atoms with van der Waals surface area (Å²) in [5.74, 6) is -14.5. The van der Waals surface area contributed by atoms with E-state index in [2.05, 4.69) is 26.3 Å². The van der Waals surface area contributed by atoms with Gasteiger partial charge in [-0.3, -0.25) is 0 Å². The third-order valence-electron chi connectivity index (χ3n) is 11.8. The molecule has 0 aliphatic heterocycles. The van der Waals surface area contributed by atoms with E-state index in [1.165, 1.54) is 0 Å². The third kappa shape index (κ3) is 16.9. The van der Waals surface area contributed by atoms with Gasteiger partial charge in [0.15, 0.2) is 0 Å². The van der Waals surface area contributed by atoms with E-state index in [4.69, 9.17) is 0 Å². The van der Waals surface area contributed by atoms with Crippen LogP contribution in [-0.2, 0) is 19.2 Å². The van der Waals surface area contributed by atoms with Crippen molar-refractivity contribution in [2.24, 2.45) is 59.2 Å². The molecule has 11 nitrogen and oxygen atoms in total. The Labute approximate surface area is 324 Å². The van der Waals surface area contributed by atoms with Crippen LogP contribution >= 0.6 is 0 Å². The Hall–Kier alpha value is -3.44. The van der Waals surface area contributed by atoms with Crippen LogP contribution in [0.4, 0.5) is 0 Å². The fraction of sp³-hybridized carbons (Fsp3) is 0.721. The van der Waals surface area contributed by atoms with Crippen molar-refractivity contribution in [3.63, 3.8) is 0 Å². The second-order valence-corrected chi connectivity index (χ2v) is 15.9. The Bertz CT molecular complexity index is 1090. The topological polar surface area (TPSA) is 224 Å². The molecular weight excluding hydrogens is 692 g/mol. The van der Waals surface area contributed by atoms with E-state index in [0.29, 0.717) is 25.7 Å². The molecule has 0 aromatic carbocycles. The molecule has 2 N–H and O–H groups in total. The molecule has 0 aliphatic rings. The smallest absolute Gasteiger partial charge is 0.0830 e. The summed E-state index contributed by atoms with van der Waals surface area (Å²) in [6.45, 7) is 28.8. The highest BCUT2D eigenvalue weighted by atomic mass is 16.4. The second-order valence-electron chi connectivity index (χ2n) is 15.9. The summed E-state index contributed by atoms with van der Waals surface area (Å²) in [6.07, 6.45) is -2.09. The van der Waals surface area contributed by atoms with E-state index in [1.54, 1.807) is 13.8 Å². The lowest BCUT2D eigenvalue weighted by atomic mass is 9.70. The molecule has 0 heterocycles. The SMILES string of the molecule is C=C(C)C(CC)CC(CC(CC(CC(CC)C(=C)[O-])C(=C)C)C(O)C(O)C(CC(CC(CC)C(=O)[O-])C(=O)[O-])CC(CC(CC)C(=O)[O-])C(=O)[O-])C(=C)C. The first-order chi connectivity index (χ1) is 25.1. The Morgan fingerprint density at radius 2 is 0.648 bits per heavy atom. The van der Waals surface area contributed by atoms with Crippen LogP contribution in [0, 0.1) is 59.2 Å². The lowest BCUT2D eigenvalue weighted by Crippen LogP contribution is -2.46. The number of carboxylic acids is 4. The van der Waals surface area contributed by atoms with E-state index in [0.717, 1.165) is 23.1 Å². The number of hydrogen-bond acceptors (Lipinski definition) is 11. The Balaban J connectivity index is 7.36. The fourth-order valence-electron chi connectivity index (χ4n) is 7.82. The van der Waals surface area contributed by atoms with Gasteiger partial charge in [0.2, 0.25) is 0 Å². The maximum absolute atomic E-state index is 12.4. The normalized spacial score (nSPS) is 18.3. The maximum atomic E-state index is 12.4. The molecular formula is C43H67O11-5. The summed E-state index contributed by atoms with van der Waals surface area (Å²) in [5.41, 5.74) is 2.55. The molecule has 0 amide bonds.